The third kappa shape index (κ3) is 9.10. The number of amides is 2. The quantitative estimate of drug-likeness (QED) is 0.580. The number of esters is 1. The molecule has 0 heterocycles. The van der Waals surface area contributed by atoms with Crippen LogP contribution in [0.15, 0.2) is 30.3 Å². The first kappa shape index (κ1) is 24.0. The molecule has 0 bridgehead atoms. The fourth-order valence-corrected chi connectivity index (χ4v) is 2.64. The Bertz CT molecular complexity index is 715. The lowest BCUT2D eigenvalue weighted by atomic mass is 10.0. The Morgan fingerprint density at radius 3 is 2.24 bits per heavy atom. The maximum absolute atomic E-state index is 12.7. The van der Waals surface area contributed by atoms with Gasteiger partial charge in [0.25, 0.3) is 0 Å². The van der Waals surface area contributed by atoms with Crippen LogP contribution in [-0.2, 0) is 25.7 Å². The zero-order valence-corrected chi connectivity index (χ0v) is 17.3. The Morgan fingerprint density at radius 1 is 1.03 bits per heavy atom. The maximum Gasteiger partial charge on any atom is 0.408 e. The summed E-state index contributed by atoms with van der Waals surface area (Å²) in [6.07, 6.45) is -0.259. The zero-order valence-electron chi connectivity index (χ0n) is 17.3. The third-order valence-electron chi connectivity index (χ3n) is 4.14. The largest absolute Gasteiger partial charge is 0.467 e. The molecular weight excluding hydrogens is 374 g/mol. The van der Waals surface area contributed by atoms with Crippen molar-refractivity contribution in [3.05, 3.63) is 35.9 Å². The van der Waals surface area contributed by atoms with Gasteiger partial charge in [0.15, 0.2) is 0 Å². The normalized spacial score (nSPS) is 13.5. The summed E-state index contributed by atoms with van der Waals surface area (Å²) in [5, 5.41) is 14.1. The van der Waals surface area contributed by atoms with Gasteiger partial charge in [-0.1, -0.05) is 44.2 Å². The van der Waals surface area contributed by atoms with E-state index in [0.29, 0.717) is 6.42 Å². The molecule has 29 heavy (non-hydrogen) atoms. The Morgan fingerprint density at radius 2 is 1.69 bits per heavy atom. The first-order chi connectivity index (χ1) is 13.8. The molecule has 0 aromatic heterocycles. The lowest BCUT2D eigenvalue weighted by Gasteiger charge is -2.23. The monoisotopic (exact) mass is 403 g/mol. The van der Waals surface area contributed by atoms with Crippen LogP contribution in [0.4, 0.5) is 4.79 Å². The number of rotatable bonds is 10. The predicted octanol–water partition coefficient (Wildman–Crippen LogP) is 2.54. The summed E-state index contributed by atoms with van der Waals surface area (Å²) >= 11 is 0. The number of nitrogens with one attached hydrogen (secondary N) is 2. The van der Waals surface area contributed by atoms with Crippen molar-refractivity contribution in [2.24, 2.45) is 11.8 Å². The van der Waals surface area contributed by atoms with Crippen molar-refractivity contribution in [1.29, 1.82) is 5.26 Å². The molecule has 1 aromatic rings. The summed E-state index contributed by atoms with van der Waals surface area (Å²) in [6, 6.07) is 9.34. The molecule has 0 aliphatic heterocycles. The maximum atomic E-state index is 12.7. The topological polar surface area (TPSA) is 118 Å². The van der Waals surface area contributed by atoms with E-state index >= 15 is 0 Å². The van der Waals surface area contributed by atoms with Gasteiger partial charge in [-0.3, -0.25) is 4.79 Å². The average molecular weight is 403 g/mol. The van der Waals surface area contributed by atoms with E-state index in [2.05, 4.69) is 10.6 Å². The minimum absolute atomic E-state index is 0.0765. The van der Waals surface area contributed by atoms with Crippen LogP contribution in [0.3, 0.4) is 0 Å². The minimum atomic E-state index is -0.973. The van der Waals surface area contributed by atoms with Crippen molar-refractivity contribution in [2.75, 3.05) is 7.11 Å². The van der Waals surface area contributed by atoms with Gasteiger partial charge in [-0.05, 0) is 31.2 Å². The molecule has 1 rings (SSSR count). The molecule has 0 fully saturated rings. The predicted molar refractivity (Wildman–Crippen MR) is 106 cm³/mol. The van der Waals surface area contributed by atoms with Crippen LogP contribution >= 0.6 is 0 Å². The fourth-order valence-electron chi connectivity index (χ4n) is 2.64. The fraction of sp³-hybridized carbons (Fsp3) is 0.524. The Labute approximate surface area is 171 Å². The van der Waals surface area contributed by atoms with Crippen molar-refractivity contribution < 1.29 is 23.9 Å². The summed E-state index contributed by atoms with van der Waals surface area (Å²) < 4.78 is 9.89. The summed E-state index contributed by atoms with van der Waals surface area (Å²) in [4.78, 5) is 36.8. The molecule has 8 heteroatoms. The third-order valence-corrected chi connectivity index (χ3v) is 4.14. The highest BCUT2D eigenvalue weighted by molar-refractivity contribution is 5.89. The van der Waals surface area contributed by atoms with Gasteiger partial charge in [0, 0.05) is 5.92 Å². The number of hydrogen-bond acceptors (Lipinski definition) is 6. The first-order valence-corrected chi connectivity index (χ1v) is 9.51. The van der Waals surface area contributed by atoms with Gasteiger partial charge in [-0.25, -0.2) is 9.59 Å². The van der Waals surface area contributed by atoms with E-state index in [1.165, 1.54) is 7.11 Å². The van der Waals surface area contributed by atoms with Crippen molar-refractivity contribution in [2.45, 2.75) is 52.3 Å². The van der Waals surface area contributed by atoms with Crippen LogP contribution in [0.1, 0.15) is 39.2 Å². The van der Waals surface area contributed by atoms with Crippen LogP contribution in [0.2, 0.25) is 0 Å². The minimum Gasteiger partial charge on any atom is -0.467 e. The summed E-state index contributed by atoms with van der Waals surface area (Å²) in [5.74, 6) is -1.52. The highest BCUT2D eigenvalue weighted by atomic mass is 16.5. The van der Waals surface area contributed by atoms with Gasteiger partial charge in [-0.2, -0.15) is 5.26 Å². The van der Waals surface area contributed by atoms with Gasteiger partial charge < -0.3 is 20.1 Å². The number of carbonyl (C=O) groups excluding carboxylic acids is 3. The molecule has 8 nitrogen and oxygen atoms in total. The molecule has 0 saturated carbocycles. The van der Waals surface area contributed by atoms with E-state index in [1.54, 1.807) is 6.92 Å². The molecule has 0 unspecified atom stereocenters. The lowest BCUT2D eigenvalue weighted by molar-refractivity contribution is -0.145. The second-order valence-corrected chi connectivity index (χ2v) is 7.24. The summed E-state index contributed by atoms with van der Waals surface area (Å²) in [6.45, 7) is 5.54. The van der Waals surface area contributed by atoms with Crippen molar-refractivity contribution in [3.63, 3.8) is 0 Å². The lowest BCUT2D eigenvalue weighted by Crippen LogP contribution is -2.52. The SMILES string of the molecule is COC(=O)[C@H](C[C@H](C)C#N)NC(=O)[C@H](CC(C)C)NC(=O)OCc1ccccc1. The molecule has 0 aliphatic carbocycles. The second-order valence-electron chi connectivity index (χ2n) is 7.24. The van der Waals surface area contributed by atoms with Gasteiger partial charge >= 0.3 is 12.1 Å². The number of ether oxygens (including phenoxy) is 2. The number of nitrogens with zero attached hydrogens (tertiary/aromatic N) is 1. The van der Waals surface area contributed by atoms with Crippen molar-refractivity contribution >= 4 is 18.0 Å². The molecule has 0 radical (unpaired) electrons. The molecule has 0 saturated heterocycles. The Kier molecular flexibility index (Phi) is 10.2. The van der Waals surface area contributed by atoms with Crippen LogP contribution < -0.4 is 10.6 Å². The number of carbonyl (C=O) groups is 3. The van der Waals surface area contributed by atoms with Gasteiger partial charge in [0.05, 0.1) is 13.2 Å². The number of benzene rings is 1. The van der Waals surface area contributed by atoms with Gasteiger partial charge in [-0.15, -0.1) is 0 Å². The molecule has 0 spiro atoms. The standard InChI is InChI=1S/C21H29N3O5/c1-14(2)10-17(24-21(27)29-13-16-8-6-5-7-9-16)19(25)23-18(20(26)28-4)11-15(3)12-22/h5-9,14-15,17-18H,10-11,13H2,1-4H3,(H,23,25)(H,24,27)/t15-,17-,18-/m0/s1. The van der Waals surface area contributed by atoms with E-state index in [0.717, 1.165) is 5.56 Å². The molecule has 3 atom stereocenters. The highest BCUT2D eigenvalue weighted by Gasteiger charge is 2.29. The number of alkyl carbamates (subject to hydrolysis) is 1. The molecule has 158 valence electrons. The smallest absolute Gasteiger partial charge is 0.408 e. The van der Waals surface area contributed by atoms with E-state index in [1.807, 2.05) is 50.2 Å². The van der Waals surface area contributed by atoms with Crippen LogP contribution in [0.25, 0.3) is 0 Å². The molecule has 2 N–H and O–H groups in total. The van der Waals surface area contributed by atoms with E-state index < -0.39 is 36.0 Å². The molecular formula is C21H29N3O5. The van der Waals surface area contributed by atoms with E-state index in [-0.39, 0.29) is 18.9 Å². The van der Waals surface area contributed by atoms with Crippen molar-refractivity contribution in [1.82, 2.24) is 10.6 Å². The highest BCUT2D eigenvalue weighted by Crippen LogP contribution is 2.10. The summed E-state index contributed by atoms with van der Waals surface area (Å²) in [5.41, 5.74) is 0.823. The number of hydrogen-bond donors (Lipinski definition) is 2. The Hall–Kier alpha value is -3.08. The zero-order chi connectivity index (χ0) is 21.8. The molecule has 2 amide bonds. The summed E-state index contributed by atoms with van der Waals surface area (Å²) in [7, 11) is 1.21. The second kappa shape index (κ2) is 12.4. The molecule has 0 aliphatic rings. The van der Waals surface area contributed by atoms with E-state index in [9.17, 15) is 14.4 Å². The van der Waals surface area contributed by atoms with Crippen LogP contribution in [0.5, 0.6) is 0 Å². The van der Waals surface area contributed by atoms with Gasteiger partial charge in [0.1, 0.15) is 18.7 Å². The van der Waals surface area contributed by atoms with E-state index in [4.69, 9.17) is 14.7 Å². The molecule has 1 aromatic carbocycles. The van der Waals surface area contributed by atoms with Gasteiger partial charge in [0.2, 0.25) is 5.91 Å². The first-order valence-electron chi connectivity index (χ1n) is 9.51. The number of nitriles is 1. The number of methoxy groups -OCH3 is 1. The van der Waals surface area contributed by atoms with Crippen LogP contribution in [-0.4, -0.2) is 37.2 Å². The van der Waals surface area contributed by atoms with Crippen LogP contribution in [0, 0.1) is 23.2 Å². The Balaban J connectivity index is 2.75. The van der Waals surface area contributed by atoms with Crippen molar-refractivity contribution in [3.8, 4) is 6.07 Å². The average Bonchev–Trinajstić information content (AvgIpc) is 2.70.